The monoisotopic (exact) mass is 648 g/mol. The molecule has 4 heteroatoms. The van der Waals surface area contributed by atoms with E-state index in [2.05, 4.69) is 134 Å². The second kappa shape index (κ2) is 10.8. The smallest absolute Gasteiger partial charge is 0.216 e. The predicted molar refractivity (Wildman–Crippen MR) is 204 cm³/mol. The lowest BCUT2D eigenvalue weighted by atomic mass is 9.76. The third kappa shape index (κ3) is 4.18. The Bertz CT molecular complexity index is 2550. The number of Topliss-reactive ketones (excluding diaryl/α,β-unsaturated/α-hetero) is 1. The molecule has 2 heterocycles. The van der Waals surface area contributed by atoms with E-state index in [-0.39, 0.29) is 22.7 Å². The Kier molecular flexibility index (Phi) is 6.47. The lowest BCUT2D eigenvalue weighted by Crippen LogP contribution is -2.34. The van der Waals surface area contributed by atoms with Crippen molar-refractivity contribution >= 4 is 55.8 Å². The van der Waals surface area contributed by atoms with Crippen molar-refractivity contribution in [2.45, 2.75) is 38.5 Å². The van der Waals surface area contributed by atoms with Gasteiger partial charge in [-0.3, -0.25) is 4.79 Å². The van der Waals surface area contributed by atoms with Crippen molar-refractivity contribution in [3.8, 4) is 0 Å². The molecule has 6 aromatic rings. The van der Waals surface area contributed by atoms with Gasteiger partial charge in [0.2, 0.25) is 11.4 Å². The highest BCUT2D eigenvalue weighted by atomic mass is 16.3. The summed E-state index contributed by atoms with van der Waals surface area (Å²) < 4.78 is 2.21. The highest BCUT2D eigenvalue weighted by molar-refractivity contribution is 6.25. The van der Waals surface area contributed by atoms with E-state index < -0.39 is 10.8 Å². The first-order valence-electron chi connectivity index (χ1n) is 17.2. The average Bonchev–Trinajstić information content (AvgIpc) is 3.52. The molecule has 50 heavy (non-hydrogen) atoms. The molecule has 1 aliphatic carbocycles. The maximum absolute atomic E-state index is 14.2. The van der Waals surface area contributed by atoms with Gasteiger partial charge in [-0.05, 0) is 71.3 Å². The van der Waals surface area contributed by atoms with Crippen LogP contribution in [-0.4, -0.2) is 11.5 Å². The van der Waals surface area contributed by atoms with Crippen LogP contribution in [0.2, 0.25) is 0 Å². The molecule has 9 rings (SSSR count). The second-order valence-corrected chi connectivity index (χ2v) is 14.5. The maximum Gasteiger partial charge on any atom is 0.216 e. The van der Waals surface area contributed by atoms with Gasteiger partial charge in [0.1, 0.15) is 0 Å². The molecule has 0 fully saturated rings. The first kappa shape index (κ1) is 30.1. The van der Waals surface area contributed by atoms with Gasteiger partial charge in [0.15, 0.2) is 11.5 Å². The highest BCUT2D eigenvalue weighted by Crippen LogP contribution is 2.54. The number of hydrogen-bond donors (Lipinski definition) is 0. The van der Waals surface area contributed by atoms with Crippen LogP contribution in [0.15, 0.2) is 168 Å². The molecule has 242 valence electrons. The fourth-order valence-corrected chi connectivity index (χ4v) is 8.45. The Labute approximate surface area is 292 Å². The van der Waals surface area contributed by atoms with E-state index in [1.54, 1.807) is 0 Å². The number of carbonyl (C=O) groups is 1. The van der Waals surface area contributed by atoms with Crippen molar-refractivity contribution in [1.82, 2.24) is 4.58 Å². The van der Waals surface area contributed by atoms with Crippen molar-refractivity contribution < 1.29 is 9.90 Å². The molecule has 0 bridgehead atoms. The zero-order chi connectivity index (χ0) is 34.4. The zero-order valence-electron chi connectivity index (χ0n) is 28.6. The van der Waals surface area contributed by atoms with Crippen LogP contribution in [0.3, 0.4) is 0 Å². The van der Waals surface area contributed by atoms with Crippen molar-refractivity contribution in [3.63, 3.8) is 0 Å². The number of nitrogens with zero attached hydrogens (tertiary/aromatic N) is 2. The molecular weight excluding hydrogens is 613 g/mol. The Hall–Kier alpha value is -6.00. The van der Waals surface area contributed by atoms with Crippen LogP contribution in [-0.2, 0) is 15.6 Å². The first-order valence-corrected chi connectivity index (χ1v) is 17.2. The summed E-state index contributed by atoms with van der Waals surface area (Å²) >= 11 is 0. The predicted octanol–water partition coefficient (Wildman–Crippen LogP) is 9.70. The van der Waals surface area contributed by atoms with Gasteiger partial charge < -0.3 is 10.0 Å². The largest absolute Gasteiger partial charge is 0.871 e. The van der Waals surface area contributed by atoms with E-state index in [1.807, 2.05) is 48.6 Å². The lowest BCUT2D eigenvalue weighted by Gasteiger charge is -2.33. The Morgan fingerprint density at radius 2 is 1.20 bits per heavy atom. The number of anilines is 2. The van der Waals surface area contributed by atoms with E-state index in [4.69, 9.17) is 0 Å². The van der Waals surface area contributed by atoms with E-state index in [0.717, 1.165) is 44.9 Å². The Morgan fingerprint density at radius 1 is 0.620 bits per heavy atom. The molecule has 0 radical (unpaired) electrons. The summed E-state index contributed by atoms with van der Waals surface area (Å²) in [7, 11) is 0. The van der Waals surface area contributed by atoms with Crippen LogP contribution in [0.1, 0.15) is 38.8 Å². The first-order chi connectivity index (χ1) is 24.2. The van der Waals surface area contributed by atoms with Crippen LogP contribution in [0.5, 0.6) is 0 Å². The summed E-state index contributed by atoms with van der Waals surface area (Å²) in [6.45, 7) is 8.75. The lowest BCUT2D eigenvalue weighted by molar-refractivity contribution is -0.300. The fourth-order valence-electron chi connectivity index (χ4n) is 8.45. The number of rotatable bonds is 4. The quantitative estimate of drug-likeness (QED) is 0.141. The van der Waals surface area contributed by atoms with E-state index >= 15 is 0 Å². The minimum absolute atomic E-state index is 0.218. The number of ketones is 1. The molecule has 0 unspecified atom stereocenters. The standard InChI is InChI=1S/C46H36N2O2/c1-45(2)39(47(31-17-7-5-8-18-31)37-25-23-29-15-11-13-21-33(29)41(37)45)27-35-43(49)36(44(35)50)28-40-46(3,4)42-34-22-14-12-16-30(34)24-26-38(42)48(40)32-19-9-6-10-20-32/h5-28H,1-4H3. The number of fused-ring (bicyclic) bond motifs is 6. The maximum atomic E-state index is 14.2. The van der Waals surface area contributed by atoms with Gasteiger partial charge in [0.25, 0.3) is 0 Å². The van der Waals surface area contributed by atoms with Crippen molar-refractivity contribution in [3.05, 3.63) is 179 Å². The molecule has 2 aliphatic heterocycles. The van der Waals surface area contributed by atoms with Crippen molar-refractivity contribution in [2.75, 3.05) is 4.90 Å². The van der Waals surface area contributed by atoms with E-state index in [0.29, 0.717) is 0 Å². The SMILES string of the molecule is CC1(C)C(/C=C2/C(=O)C(/C=C3/N(c4ccccc4)c4ccc5ccccc5c4C3(C)C)=C2[O-])=[N+](c2ccccc2)c2ccc3ccccc3c21. The summed E-state index contributed by atoms with van der Waals surface area (Å²) in [4.78, 5) is 16.4. The van der Waals surface area contributed by atoms with Crippen LogP contribution >= 0.6 is 0 Å². The topological polar surface area (TPSA) is 46.4 Å². The highest BCUT2D eigenvalue weighted by Gasteiger charge is 2.48. The molecule has 0 saturated carbocycles. The molecule has 0 saturated heterocycles. The zero-order valence-corrected chi connectivity index (χ0v) is 28.6. The van der Waals surface area contributed by atoms with Crippen molar-refractivity contribution in [2.24, 2.45) is 0 Å². The third-order valence-electron chi connectivity index (χ3n) is 10.9. The van der Waals surface area contributed by atoms with Crippen LogP contribution in [0.25, 0.3) is 21.5 Å². The van der Waals surface area contributed by atoms with Gasteiger partial charge in [0, 0.05) is 57.8 Å². The Morgan fingerprint density at radius 3 is 1.86 bits per heavy atom. The summed E-state index contributed by atoms with van der Waals surface area (Å²) in [5, 5.41) is 18.9. The van der Waals surface area contributed by atoms with Gasteiger partial charge in [0.05, 0.1) is 11.1 Å². The average molecular weight is 649 g/mol. The second-order valence-electron chi connectivity index (χ2n) is 14.5. The number of para-hydroxylation sites is 2. The molecule has 0 aromatic heterocycles. The normalized spacial score (nSPS) is 19.1. The molecule has 0 spiro atoms. The van der Waals surface area contributed by atoms with Gasteiger partial charge >= 0.3 is 0 Å². The number of hydrogen-bond acceptors (Lipinski definition) is 3. The number of allylic oxidation sites excluding steroid dienone is 5. The minimum Gasteiger partial charge on any atom is -0.871 e. The summed E-state index contributed by atoms with van der Waals surface area (Å²) in [6.07, 6.45) is 3.71. The summed E-state index contributed by atoms with van der Waals surface area (Å²) in [5.74, 6) is -0.437. The molecule has 0 N–H and O–H groups in total. The van der Waals surface area contributed by atoms with Gasteiger partial charge in [-0.2, -0.15) is 4.58 Å². The van der Waals surface area contributed by atoms with Crippen LogP contribution < -0.4 is 14.6 Å². The van der Waals surface area contributed by atoms with E-state index in [9.17, 15) is 9.90 Å². The summed E-state index contributed by atoms with van der Waals surface area (Å²) in [6, 6.07) is 45.9. The van der Waals surface area contributed by atoms with Gasteiger partial charge in [-0.1, -0.05) is 111 Å². The summed E-state index contributed by atoms with van der Waals surface area (Å²) in [5.41, 5.74) is 7.79. The number of carbonyl (C=O) groups excluding carboxylic acids is 1. The Balaban J connectivity index is 1.22. The van der Waals surface area contributed by atoms with Gasteiger partial charge in [-0.25, -0.2) is 0 Å². The van der Waals surface area contributed by atoms with Crippen LogP contribution in [0, 0.1) is 0 Å². The van der Waals surface area contributed by atoms with E-state index in [1.165, 1.54) is 21.9 Å². The molecule has 3 aliphatic rings. The van der Waals surface area contributed by atoms with Crippen molar-refractivity contribution in [1.29, 1.82) is 0 Å². The molecule has 6 aromatic carbocycles. The molecule has 0 amide bonds. The number of benzene rings is 6. The van der Waals surface area contributed by atoms with Crippen LogP contribution in [0.4, 0.5) is 22.7 Å². The van der Waals surface area contributed by atoms with Gasteiger partial charge in [-0.15, -0.1) is 0 Å². The molecule has 0 atom stereocenters. The minimum atomic E-state index is -0.478. The molecular formula is C46H36N2O2. The third-order valence-corrected chi connectivity index (χ3v) is 10.9. The molecule has 4 nitrogen and oxygen atoms in total. The fraction of sp³-hybridized carbons (Fsp3) is 0.130.